The second kappa shape index (κ2) is 14.2. The molecule has 7 rings (SSSR count). The third-order valence-corrected chi connectivity index (χ3v) is 9.04. The van der Waals surface area contributed by atoms with Gasteiger partial charge in [0.1, 0.15) is 61.4 Å². The first-order valence-corrected chi connectivity index (χ1v) is 16.7. The molecule has 2 saturated heterocycles. The normalized spacial score (nSPS) is 19.5. The number of pyridine rings is 1. The van der Waals surface area contributed by atoms with Crippen molar-refractivity contribution in [1.29, 1.82) is 0 Å². The fourth-order valence-corrected chi connectivity index (χ4v) is 6.21. The van der Waals surface area contributed by atoms with Crippen molar-refractivity contribution in [3.63, 3.8) is 0 Å². The van der Waals surface area contributed by atoms with E-state index in [2.05, 4.69) is 30.0 Å². The summed E-state index contributed by atoms with van der Waals surface area (Å²) in [4.78, 5) is 25.9. The molecule has 16 heteroatoms. The van der Waals surface area contributed by atoms with Crippen LogP contribution in [0.2, 0.25) is 0 Å². The van der Waals surface area contributed by atoms with Crippen LogP contribution in [0.25, 0.3) is 5.82 Å². The van der Waals surface area contributed by atoms with Gasteiger partial charge in [0, 0.05) is 55.5 Å². The Hall–Kier alpha value is -5.19. The van der Waals surface area contributed by atoms with Gasteiger partial charge >= 0.3 is 5.69 Å². The lowest BCUT2D eigenvalue weighted by Gasteiger charge is -2.37. The highest BCUT2D eigenvalue weighted by Crippen LogP contribution is 2.38. The molecule has 0 saturated carbocycles. The Morgan fingerprint density at radius 1 is 0.980 bits per heavy atom. The van der Waals surface area contributed by atoms with E-state index in [0.29, 0.717) is 18.1 Å². The van der Waals surface area contributed by atoms with Crippen LogP contribution >= 0.6 is 0 Å². The Morgan fingerprint density at radius 2 is 1.73 bits per heavy atom. The van der Waals surface area contributed by atoms with Gasteiger partial charge in [-0.2, -0.15) is 10.2 Å². The largest absolute Gasteiger partial charge is 0.491 e. The van der Waals surface area contributed by atoms with Crippen molar-refractivity contribution in [3.8, 4) is 11.6 Å². The van der Waals surface area contributed by atoms with Crippen molar-refractivity contribution in [3.05, 3.63) is 107 Å². The summed E-state index contributed by atoms with van der Waals surface area (Å²) in [6.07, 6.45) is 5.54. The lowest BCUT2D eigenvalue weighted by Crippen LogP contribution is -2.46. The minimum absolute atomic E-state index is 0.0229. The number of aromatic nitrogens is 7. The van der Waals surface area contributed by atoms with E-state index in [4.69, 9.17) is 14.2 Å². The van der Waals surface area contributed by atoms with Gasteiger partial charge in [0.15, 0.2) is 0 Å². The monoisotopic (exact) mass is 703 g/mol. The molecule has 2 aliphatic heterocycles. The van der Waals surface area contributed by atoms with E-state index in [1.165, 1.54) is 45.0 Å². The van der Waals surface area contributed by atoms with Crippen molar-refractivity contribution in [2.75, 3.05) is 55.8 Å². The molecule has 51 heavy (non-hydrogen) atoms. The van der Waals surface area contributed by atoms with E-state index in [1.807, 2.05) is 50.2 Å². The molecular formula is C35H39F2N9O5. The summed E-state index contributed by atoms with van der Waals surface area (Å²) >= 11 is 0. The minimum atomic E-state index is -1.52. The van der Waals surface area contributed by atoms with Gasteiger partial charge in [-0.15, -0.1) is 0 Å². The van der Waals surface area contributed by atoms with Crippen LogP contribution in [0.1, 0.15) is 19.4 Å². The molecular weight excluding hydrogens is 664 g/mol. The zero-order chi connectivity index (χ0) is 35.6. The summed E-state index contributed by atoms with van der Waals surface area (Å²) in [5.41, 5.74) is 1.33. The van der Waals surface area contributed by atoms with Crippen LogP contribution in [-0.4, -0.2) is 91.3 Å². The lowest BCUT2D eigenvalue weighted by molar-refractivity contribution is -0.192. The third-order valence-electron chi connectivity index (χ3n) is 9.04. The molecule has 268 valence electrons. The Morgan fingerprint density at radius 3 is 2.39 bits per heavy atom. The Kier molecular flexibility index (Phi) is 9.54. The van der Waals surface area contributed by atoms with E-state index in [0.717, 1.165) is 43.6 Å². The second-order valence-electron chi connectivity index (χ2n) is 13.4. The van der Waals surface area contributed by atoms with E-state index in [9.17, 15) is 18.7 Å². The minimum Gasteiger partial charge on any atom is -0.491 e. The molecule has 0 aliphatic carbocycles. The number of rotatable bonds is 12. The number of anilines is 2. The molecule has 0 bridgehead atoms. The highest BCUT2D eigenvalue weighted by Gasteiger charge is 2.46. The maximum Gasteiger partial charge on any atom is 0.351 e. The van der Waals surface area contributed by atoms with Gasteiger partial charge in [-0.05, 0) is 48.5 Å². The first-order valence-electron chi connectivity index (χ1n) is 16.7. The maximum absolute atomic E-state index is 14.9. The predicted molar refractivity (Wildman–Crippen MR) is 182 cm³/mol. The van der Waals surface area contributed by atoms with Gasteiger partial charge in [0.2, 0.25) is 5.79 Å². The average Bonchev–Trinajstić information content (AvgIpc) is 3.89. The van der Waals surface area contributed by atoms with Crippen LogP contribution in [0.15, 0.2) is 84.6 Å². The number of nitrogens with zero attached hydrogens (tertiary/aromatic N) is 9. The fourth-order valence-electron chi connectivity index (χ4n) is 6.21. The Bertz CT molecular complexity index is 1980. The fraction of sp³-hybridized carbons (Fsp3) is 0.400. The first-order chi connectivity index (χ1) is 24.6. The Labute approximate surface area is 292 Å². The average molecular weight is 704 g/mol. The highest BCUT2D eigenvalue weighted by atomic mass is 19.1. The van der Waals surface area contributed by atoms with Crippen molar-refractivity contribution in [2.24, 2.45) is 5.41 Å². The first kappa shape index (κ1) is 34.3. The molecule has 0 spiro atoms. The van der Waals surface area contributed by atoms with Gasteiger partial charge < -0.3 is 29.1 Å². The topological polar surface area (TPSA) is 138 Å². The summed E-state index contributed by atoms with van der Waals surface area (Å²) in [6, 6.07) is 14.9. The zero-order valence-electron chi connectivity index (χ0n) is 28.3. The van der Waals surface area contributed by atoms with E-state index in [-0.39, 0.29) is 37.6 Å². The molecule has 0 radical (unpaired) electrons. The van der Waals surface area contributed by atoms with Crippen molar-refractivity contribution in [1.82, 2.24) is 34.1 Å². The van der Waals surface area contributed by atoms with Crippen molar-refractivity contribution >= 4 is 11.4 Å². The van der Waals surface area contributed by atoms with Crippen LogP contribution in [-0.2, 0) is 28.4 Å². The van der Waals surface area contributed by atoms with Crippen molar-refractivity contribution < 1.29 is 28.1 Å². The van der Waals surface area contributed by atoms with Crippen LogP contribution in [0.4, 0.5) is 20.2 Å². The number of aliphatic hydroxyl groups is 1. The molecule has 2 aromatic carbocycles. The van der Waals surface area contributed by atoms with Gasteiger partial charge in [-0.25, -0.2) is 37.5 Å². The third kappa shape index (κ3) is 7.48. The molecule has 1 N–H and O–H groups in total. The summed E-state index contributed by atoms with van der Waals surface area (Å²) in [5, 5.41) is 17.8. The number of benzene rings is 2. The summed E-state index contributed by atoms with van der Waals surface area (Å²) in [5.74, 6) is -1.86. The second-order valence-corrected chi connectivity index (χ2v) is 13.4. The molecule has 2 atom stereocenters. The van der Waals surface area contributed by atoms with Crippen molar-refractivity contribution in [2.45, 2.75) is 38.8 Å². The van der Waals surface area contributed by atoms with Gasteiger partial charge in [0.05, 0.1) is 25.0 Å². The van der Waals surface area contributed by atoms with Gasteiger partial charge in [0.25, 0.3) is 0 Å². The molecule has 5 heterocycles. The summed E-state index contributed by atoms with van der Waals surface area (Å²) in [7, 11) is 0. The molecule has 0 unspecified atom stereocenters. The molecule has 3 aromatic heterocycles. The quantitative estimate of drug-likeness (QED) is 0.205. The molecule has 2 fully saturated rings. The van der Waals surface area contributed by atoms with Crippen LogP contribution in [0.5, 0.6) is 5.75 Å². The van der Waals surface area contributed by atoms with Crippen LogP contribution in [0, 0.1) is 17.0 Å². The number of halogens is 2. The summed E-state index contributed by atoms with van der Waals surface area (Å²) < 4.78 is 51.1. The van der Waals surface area contributed by atoms with E-state index < -0.39 is 28.9 Å². The standard InChI is InChI=1S/C35H39F2N9O5/c1-34(2,21-47)19-46-33(48)45(24-41-46)32-10-6-27(16-39-32)43-13-11-42(12-14-43)26-4-7-28(8-5-26)49-17-29-18-50-35(51-29,20-44-23-38-22-40-44)30-9-3-25(36)15-31(30)37/h3-10,15-16,22-24,29,47H,11-14,17-21H2,1-2H3/t29-,35-/m0/s1. The van der Waals surface area contributed by atoms with Crippen LogP contribution in [0.3, 0.4) is 0 Å². The zero-order valence-corrected chi connectivity index (χ0v) is 28.3. The van der Waals surface area contributed by atoms with E-state index in [1.54, 1.807) is 6.20 Å². The van der Waals surface area contributed by atoms with Crippen LogP contribution < -0.4 is 20.2 Å². The number of aliphatic hydroxyl groups excluding tert-OH is 1. The maximum atomic E-state index is 14.9. The highest BCUT2D eigenvalue weighted by molar-refractivity contribution is 5.53. The van der Waals surface area contributed by atoms with Gasteiger partial charge in [-0.3, -0.25) is 0 Å². The molecule has 0 amide bonds. The number of piperazine rings is 1. The SMILES string of the molecule is CC(C)(CO)Cn1ncn(-c2ccc(N3CCN(c4ccc(OC[C@H]5CO[C@](Cn6cncn6)(c6ccc(F)cc6F)O5)cc4)CC3)cn2)c1=O. The lowest BCUT2D eigenvalue weighted by atomic mass is 9.95. The van der Waals surface area contributed by atoms with E-state index >= 15 is 0 Å². The number of hydrogen-bond acceptors (Lipinski definition) is 11. The molecule has 14 nitrogen and oxygen atoms in total. The smallest absolute Gasteiger partial charge is 0.351 e. The van der Waals surface area contributed by atoms with Gasteiger partial charge in [-0.1, -0.05) is 13.8 Å². The number of ether oxygens (including phenoxy) is 3. The predicted octanol–water partition coefficient (Wildman–Crippen LogP) is 2.99. The molecule has 5 aromatic rings. The molecule has 2 aliphatic rings. The number of hydrogen-bond donors (Lipinski definition) is 1. The Balaban J connectivity index is 0.918. The summed E-state index contributed by atoms with van der Waals surface area (Å²) in [6.45, 7) is 7.49.